The summed E-state index contributed by atoms with van der Waals surface area (Å²) in [5, 5.41) is 10.7. The van der Waals surface area contributed by atoms with E-state index in [1.807, 2.05) is 18.2 Å². The van der Waals surface area contributed by atoms with Crippen molar-refractivity contribution < 1.29 is 4.92 Å². The van der Waals surface area contributed by atoms with Gasteiger partial charge < -0.3 is 0 Å². The van der Waals surface area contributed by atoms with Crippen molar-refractivity contribution in [1.29, 1.82) is 0 Å². The van der Waals surface area contributed by atoms with Crippen molar-refractivity contribution >= 4 is 5.69 Å². The molecule has 0 bridgehead atoms. The highest BCUT2D eigenvalue weighted by atomic mass is 16.6. The molecule has 80 valence electrons. The lowest BCUT2D eigenvalue weighted by atomic mass is 10.0. The Morgan fingerprint density at radius 1 is 1.12 bits per heavy atom. The predicted octanol–water partition coefficient (Wildman–Crippen LogP) is 2.97. The van der Waals surface area contributed by atoms with Crippen LogP contribution in [0, 0.1) is 17.0 Å². The van der Waals surface area contributed by atoms with E-state index < -0.39 is 0 Å². The first-order valence-corrected chi connectivity index (χ1v) is 4.84. The number of nitro benzene ring substituents is 1. The van der Waals surface area contributed by atoms with E-state index in [1.165, 1.54) is 6.07 Å². The second kappa shape index (κ2) is 4.10. The Kier molecular flexibility index (Phi) is 2.64. The van der Waals surface area contributed by atoms with Crippen LogP contribution in [0.3, 0.4) is 0 Å². The maximum absolute atomic E-state index is 10.7. The fraction of sp³-hybridized carbons (Fsp3) is 0.0833. The van der Waals surface area contributed by atoms with Crippen LogP contribution in [0.2, 0.25) is 0 Å². The number of pyridine rings is 1. The van der Waals surface area contributed by atoms with Crippen LogP contribution in [0.25, 0.3) is 11.1 Å². The van der Waals surface area contributed by atoms with Gasteiger partial charge in [-0.2, -0.15) is 0 Å². The summed E-state index contributed by atoms with van der Waals surface area (Å²) in [4.78, 5) is 14.2. The molecule has 0 N–H and O–H groups in total. The van der Waals surface area contributed by atoms with Crippen LogP contribution in [-0.4, -0.2) is 9.91 Å². The highest BCUT2D eigenvalue weighted by molar-refractivity contribution is 5.65. The second-order valence-electron chi connectivity index (χ2n) is 3.49. The summed E-state index contributed by atoms with van der Waals surface area (Å²) in [6.45, 7) is 1.74. The van der Waals surface area contributed by atoms with E-state index in [0.29, 0.717) is 5.56 Å². The molecule has 0 saturated heterocycles. The SMILES string of the molecule is Cc1cc(-c2ccncc2)ccc1[N+](=O)[O-]. The van der Waals surface area contributed by atoms with Gasteiger partial charge in [0.25, 0.3) is 5.69 Å². The first-order valence-electron chi connectivity index (χ1n) is 4.84. The number of hydrogen-bond donors (Lipinski definition) is 0. The Hall–Kier alpha value is -2.23. The first kappa shape index (κ1) is 10.3. The molecule has 2 aromatic rings. The van der Waals surface area contributed by atoms with Gasteiger partial charge in [-0.25, -0.2) is 0 Å². The quantitative estimate of drug-likeness (QED) is 0.570. The van der Waals surface area contributed by atoms with E-state index in [4.69, 9.17) is 0 Å². The second-order valence-corrected chi connectivity index (χ2v) is 3.49. The Bertz CT molecular complexity index is 524. The van der Waals surface area contributed by atoms with Crippen molar-refractivity contribution in [2.24, 2.45) is 0 Å². The van der Waals surface area contributed by atoms with Crippen molar-refractivity contribution in [3.63, 3.8) is 0 Å². The molecule has 0 atom stereocenters. The third kappa shape index (κ3) is 1.91. The van der Waals surface area contributed by atoms with Gasteiger partial charge in [0.1, 0.15) is 0 Å². The largest absolute Gasteiger partial charge is 0.272 e. The number of rotatable bonds is 2. The van der Waals surface area contributed by atoms with E-state index in [-0.39, 0.29) is 10.6 Å². The molecule has 0 fully saturated rings. The molecule has 1 aromatic heterocycles. The topological polar surface area (TPSA) is 56.0 Å². The minimum atomic E-state index is -0.369. The highest BCUT2D eigenvalue weighted by Crippen LogP contribution is 2.25. The zero-order valence-corrected chi connectivity index (χ0v) is 8.75. The Balaban J connectivity index is 2.46. The van der Waals surface area contributed by atoms with Crippen LogP contribution in [0.15, 0.2) is 42.7 Å². The molecule has 1 heterocycles. The van der Waals surface area contributed by atoms with E-state index in [1.54, 1.807) is 25.4 Å². The third-order valence-corrected chi connectivity index (χ3v) is 2.41. The monoisotopic (exact) mass is 214 g/mol. The molecule has 0 aliphatic rings. The van der Waals surface area contributed by atoms with Crippen molar-refractivity contribution in [1.82, 2.24) is 4.98 Å². The molecule has 0 unspecified atom stereocenters. The molecule has 0 aliphatic carbocycles. The normalized spacial score (nSPS) is 10.1. The van der Waals surface area contributed by atoms with Crippen LogP contribution < -0.4 is 0 Å². The van der Waals surface area contributed by atoms with E-state index in [2.05, 4.69) is 4.98 Å². The summed E-state index contributed by atoms with van der Waals surface area (Å²) in [5.41, 5.74) is 2.79. The molecule has 0 spiro atoms. The van der Waals surface area contributed by atoms with Gasteiger partial charge in [-0.05, 0) is 42.3 Å². The molecule has 4 nitrogen and oxygen atoms in total. The zero-order chi connectivity index (χ0) is 11.5. The standard InChI is InChI=1S/C12H10N2O2/c1-9-8-11(2-3-12(9)14(15)16)10-4-6-13-7-5-10/h2-8H,1H3. The fourth-order valence-electron chi connectivity index (χ4n) is 1.58. The molecule has 1 aromatic carbocycles. The average Bonchev–Trinajstić information content (AvgIpc) is 2.29. The number of nitrogens with zero attached hydrogens (tertiary/aromatic N) is 2. The Morgan fingerprint density at radius 3 is 2.38 bits per heavy atom. The van der Waals surface area contributed by atoms with Crippen LogP contribution in [0.1, 0.15) is 5.56 Å². The van der Waals surface area contributed by atoms with Gasteiger partial charge in [-0.3, -0.25) is 15.1 Å². The highest BCUT2D eigenvalue weighted by Gasteiger charge is 2.10. The average molecular weight is 214 g/mol. The number of aromatic nitrogens is 1. The summed E-state index contributed by atoms with van der Waals surface area (Å²) in [7, 11) is 0. The predicted molar refractivity (Wildman–Crippen MR) is 61.1 cm³/mol. The molecule has 0 amide bonds. The van der Waals surface area contributed by atoms with Gasteiger partial charge in [-0.15, -0.1) is 0 Å². The Labute approximate surface area is 92.7 Å². The van der Waals surface area contributed by atoms with Crippen LogP contribution in [-0.2, 0) is 0 Å². The van der Waals surface area contributed by atoms with Crippen molar-refractivity contribution in [2.75, 3.05) is 0 Å². The fourth-order valence-corrected chi connectivity index (χ4v) is 1.58. The van der Waals surface area contributed by atoms with Gasteiger partial charge in [-0.1, -0.05) is 0 Å². The van der Waals surface area contributed by atoms with E-state index in [9.17, 15) is 10.1 Å². The molecule has 16 heavy (non-hydrogen) atoms. The van der Waals surface area contributed by atoms with Gasteiger partial charge in [0.15, 0.2) is 0 Å². The van der Waals surface area contributed by atoms with Crippen molar-refractivity contribution in [3.8, 4) is 11.1 Å². The Morgan fingerprint density at radius 2 is 1.81 bits per heavy atom. The molecule has 4 heteroatoms. The summed E-state index contributed by atoms with van der Waals surface area (Å²) in [5.74, 6) is 0. The minimum absolute atomic E-state index is 0.151. The molecular weight excluding hydrogens is 204 g/mol. The number of nitro groups is 1. The first-order chi connectivity index (χ1) is 7.68. The number of benzene rings is 1. The maximum Gasteiger partial charge on any atom is 0.272 e. The van der Waals surface area contributed by atoms with Gasteiger partial charge >= 0.3 is 0 Å². The number of aryl methyl sites for hydroxylation is 1. The summed E-state index contributed by atoms with van der Waals surface area (Å²) in [6, 6.07) is 8.85. The van der Waals surface area contributed by atoms with Crippen molar-refractivity contribution in [3.05, 3.63) is 58.4 Å². The van der Waals surface area contributed by atoms with Gasteiger partial charge in [0.05, 0.1) is 4.92 Å². The van der Waals surface area contributed by atoms with Gasteiger partial charge in [0.2, 0.25) is 0 Å². The van der Waals surface area contributed by atoms with Crippen LogP contribution in [0.5, 0.6) is 0 Å². The summed E-state index contributed by atoms with van der Waals surface area (Å²) >= 11 is 0. The lowest BCUT2D eigenvalue weighted by molar-refractivity contribution is -0.385. The lowest BCUT2D eigenvalue weighted by Crippen LogP contribution is -1.91. The molecular formula is C12H10N2O2. The third-order valence-electron chi connectivity index (χ3n) is 2.41. The minimum Gasteiger partial charge on any atom is -0.265 e. The van der Waals surface area contributed by atoms with E-state index >= 15 is 0 Å². The molecule has 2 rings (SSSR count). The number of hydrogen-bond acceptors (Lipinski definition) is 3. The van der Waals surface area contributed by atoms with Crippen molar-refractivity contribution in [2.45, 2.75) is 6.92 Å². The summed E-state index contributed by atoms with van der Waals surface area (Å²) < 4.78 is 0. The molecule has 0 radical (unpaired) electrons. The van der Waals surface area contributed by atoms with Crippen LogP contribution in [0.4, 0.5) is 5.69 Å². The smallest absolute Gasteiger partial charge is 0.265 e. The van der Waals surface area contributed by atoms with Crippen LogP contribution >= 0.6 is 0 Å². The molecule has 0 aliphatic heterocycles. The summed E-state index contributed by atoms with van der Waals surface area (Å²) in [6.07, 6.45) is 3.40. The van der Waals surface area contributed by atoms with Gasteiger partial charge in [0, 0.05) is 24.0 Å². The van der Waals surface area contributed by atoms with E-state index in [0.717, 1.165) is 11.1 Å². The lowest BCUT2D eigenvalue weighted by Gasteiger charge is -2.02. The molecule has 0 saturated carbocycles. The zero-order valence-electron chi connectivity index (χ0n) is 8.75. The maximum atomic E-state index is 10.7.